The predicted molar refractivity (Wildman–Crippen MR) is 62.8 cm³/mol. The molecule has 0 amide bonds. The van der Waals surface area contributed by atoms with Crippen LogP contribution in [0.3, 0.4) is 0 Å². The van der Waals surface area contributed by atoms with Crippen LogP contribution in [0.1, 0.15) is 20.8 Å². The Bertz CT molecular complexity index is 308. The van der Waals surface area contributed by atoms with E-state index >= 15 is 0 Å². The standard InChI is InChI=1S/C12H19NO2/c1-4-13(5-2)10-7-8-11(14)12(9-10)15-6-3/h7-9,14H,4-6H2,1-3H3. The van der Waals surface area contributed by atoms with Gasteiger partial charge in [-0.15, -0.1) is 0 Å². The Labute approximate surface area is 91.3 Å². The number of benzene rings is 1. The molecule has 0 aliphatic rings. The molecule has 84 valence electrons. The number of aromatic hydroxyl groups is 1. The van der Waals surface area contributed by atoms with Crippen LogP contribution >= 0.6 is 0 Å². The second-order valence-corrected chi connectivity index (χ2v) is 3.26. The molecule has 15 heavy (non-hydrogen) atoms. The first-order valence-corrected chi connectivity index (χ1v) is 5.43. The van der Waals surface area contributed by atoms with Crippen molar-refractivity contribution < 1.29 is 9.84 Å². The molecule has 0 saturated heterocycles. The normalized spacial score (nSPS) is 10.1. The fourth-order valence-corrected chi connectivity index (χ4v) is 1.56. The van der Waals surface area contributed by atoms with Gasteiger partial charge in [0.25, 0.3) is 0 Å². The predicted octanol–water partition coefficient (Wildman–Crippen LogP) is 2.64. The molecule has 0 fully saturated rings. The van der Waals surface area contributed by atoms with Crippen LogP contribution in [0.15, 0.2) is 18.2 Å². The van der Waals surface area contributed by atoms with Crippen molar-refractivity contribution in [3.8, 4) is 11.5 Å². The highest BCUT2D eigenvalue weighted by Gasteiger charge is 2.06. The summed E-state index contributed by atoms with van der Waals surface area (Å²) in [6, 6.07) is 5.47. The van der Waals surface area contributed by atoms with Crippen LogP contribution in [0.25, 0.3) is 0 Å². The molecule has 1 aromatic rings. The maximum absolute atomic E-state index is 9.55. The lowest BCUT2D eigenvalue weighted by Gasteiger charge is -2.21. The number of anilines is 1. The fourth-order valence-electron chi connectivity index (χ4n) is 1.56. The number of ether oxygens (including phenoxy) is 1. The van der Waals surface area contributed by atoms with Gasteiger partial charge in [0, 0.05) is 24.8 Å². The summed E-state index contributed by atoms with van der Waals surface area (Å²) in [6.07, 6.45) is 0. The number of rotatable bonds is 5. The smallest absolute Gasteiger partial charge is 0.162 e. The first-order chi connectivity index (χ1) is 7.22. The van der Waals surface area contributed by atoms with Crippen LogP contribution in [-0.4, -0.2) is 24.8 Å². The Balaban J connectivity index is 2.95. The summed E-state index contributed by atoms with van der Waals surface area (Å²) in [5.74, 6) is 0.759. The lowest BCUT2D eigenvalue weighted by Crippen LogP contribution is -2.21. The molecule has 0 saturated carbocycles. The Morgan fingerprint density at radius 2 is 1.87 bits per heavy atom. The van der Waals surface area contributed by atoms with Gasteiger partial charge in [0.15, 0.2) is 11.5 Å². The molecule has 3 nitrogen and oxygen atoms in total. The molecule has 0 radical (unpaired) electrons. The number of hydrogen-bond donors (Lipinski definition) is 1. The second kappa shape index (κ2) is 5.49. The van der Waals surface area contributed by atoms with Crippen molar-refractivity contribution in [2.75, 3.05) is 24.6 Å². The summed E-state index contributed by atoms with van der Waals surface area (Å²) < 4.78 is 5.34. The average molecular weight is 209 g/mol. The van der Waals surface area contributed by atoms with Gasteiger partial charge < -0.3 is 14.7 Å². The molecule has 0 aliphatic carbocycles. The molecule has 0 bridgehead atoms. The highest BCUT2D eigenvalue weighted by molar-refractivity contribution is 5.55. The highest BCUT2D eigenvalue weighted by atomic mass is 16.5. The monoisotopic (exact) mass is 209 g/mol. The lowest BCUT2D eigenvalue weighted by molar-refractivity contribution is 0.318. The van der Waals surface area contributed by atoms with E-state index in [-0.39, 0.29) is 5.75 Å². The molecule has 1 aromatic carbocycles. The van der Waals surface area contributed by atoms with Gasteiger partial charge in [0.05, 0.1) is 6.61 Å². The van der Waals surface area contributed by atoms with E-state index < -0.39 is 0 Å². The summed E-state index contributed by atoms with van der Waals surface area (Å²) in [4.78, 5) is 2.21. The van der Waals surface area contributed by atoms with Gasteiger partial charge in [-0.25, -0.2) is 0 Å². The molecule has 1 N–H and O–H groups in total. The van der Waals surface area contributed by atoms with Gasteiger partial charge in [-0.2, -0.15) is 0 Å². The topological polar surface area (TPSA) is 32.7 Å². The molecule has 0 aromatic heterocycles. The van der Waals surface area contributed by atoms with Crippen LogP contribution in [0.4, 0.5) is 5.69 Å². The van der Waals surface area contributed by atoms with E-state index in [0.29, 0.717) is 12.4 Å². The number of hydrogen-bond acceptors (Lipinski definition) is 3. The highest BCUT2D eigenvalue weighted by Crippen LogP contribution is 2.30. The van der Waals surface area contributed by atoms with Crippen molar-refractivity contribution in [3.05, 3.63) is 18.2 Å². The van der Waals surface area contributed by atoms with Crippen molar-refractivity contribution in [2.45, 2.75) is 20.8 Å². The van der Waals surface area contributed by atoms with E-state index in [1.807, 2.05) is 19.1 Å². The Hall–Kier alpha value is -1.38. The molecule has 3 heteroatoms. The third-order valence-corrected chi connectivity index (χ3v) is 2.37. The molecule has 0 atom stereocenters. The van der Waals surface area contributed by atoms with Crippen LogP contribution in [0, 0.1) is 0 Å². The third-order valence-electron chi connectivity index (χ3n) is 2.37. The third kappa shape index (κ3) is 2.78. The maximum atomic E-state index is 9.55. The number of phenols is 1. The Kier molecular flexibility index (Phi) is 4.28. The van der Waals surface area contributed by atoms with Crippen LogP contribution in [0.5, 0.6) is 11.5 Å². The Morgan fingerprint density at radius 1 is 1.20 bits per heavy atom. The minimum absolute atomic E-state index is 0.202. The molecule has 0 aliphatic heterocycles. The minimum atomic E-state index is 0.202. The largest absolute Gasteiger partial charge is 0.504 e. The summed E-state index contributed by atoms with van der Waals surface area (Å²) in [5.41, 5.74) is 1.08. The zero-order valence-electron chi connectivity index (χ0n) is 9.66. The van der Waals surface area contributed by atoms with E-state index in [9.17, 15) is 5.11 Å². The van der Waals surface area contributed by atoms with Crippen molar-refractivity contribution in [2.24, 2.45) is 0 Å². The zero-order valence-corrected chi connectivity index (χ0v) is 9.66. The molecule has 1 rings (SSSR count). The van der Waals surface area contributed by atoms with Crippen LogP contribution in [-0.2, 0) is 0 Å². The van der Waals surface area contributed by atoms with Gasteiger partial charge in [-0.1, -0.05) is 0 Å². The van der Waals surface area contributed by atoms with Crippen molar-refractivity contribution in [1.29, 1.82) is 0 Å². The SMILES string of the molecule is CCOc1cc(N(CC)CC)ccc1O. The van der Waals surface area contributed by atoms with Crippen LogP contribution in [0.2, 0.25) is 0 Å². The minimum Gasteiger partial charge on any atom is -0.504 e. The Morgan fingerprint density at radius 3 is 2.40 bits per heavy atom. The summed E-state index contributed by atoms with van der Waals surface area (Å²) in [7, 11) is 0. The van der Waals surface area contributed by atoms with Crippen molar-refractivity contribution >= 4 is 5.69 Å². The fraction of sp³-hybridized carbons (Fsp3) is 0.500. The quantitative estimate of drug-likeness (QED) is 0.809. The first kappa shape index (κ1) is 11.7. The van der Waals surface area contributed by atoms with Crippen molar-refractivity contribution in [1.82, 2.24) is 0 Å². The number of nitrogens with zero attached hydrogens (tertiary/aromatic N) is 1. The molecule has 0 spiro atoms. The second-order valence-electron chi connectivity index (χ2n) is 3.26. The molecule has 0 unspecified atom stereocenters. The van der Waals surface area contributed by atoms with Gasteiger partial charge >= 0.3 is 0 Å². The maximum Gasteiger partial charge on any atom is 0.162 e. The van der Waals surface area contributed by atoms with Crippen molar-refractivity contribution in [3.63, 3.8) is 0 Å². The average Bonchev–Trinajstić information content (AvgIpc) is 2.25. The summed E-state index contributed by atoms with van der Waals surface area (Å²) in [5, 5.41) is 9.55. The van der Waals surface area contributed by atoms with E-state index in [2.05, 4.69) is 18.7 Å². The van der Waals surface area contributed by atoms with Gasteiger partial charge in [0.2, 0.25) is 0 Å². The molecular weight excluding hydrogens is 190 g/mol. The lowest BCUT2D eigenvalue weighted by atomic mass is 10.2. The van der Waals surface area contributed by atoms with E-state index in [1.54, 1.807) is 6.07 Å². The van der Waals surface area contributed by atoms with Gasteiger partial charge in [0.1, 0.15) is 0 Å². The van der Waals surface area contributed by atoms with E-state index in [4.69, 9.17) is 4.74 Å². The molecule has 0 heterocycles. The van der Waals surface area contributed by atoms with E-state index in [1.165, 1.54) is 0 Å². The van der Waals surface area contributed by atoms with Gasteiger partial charge in [-0.05, 0) is 32.9 Å². The van der Waals surface area contributed by atoms with Gasteiger partial charge in [-0.3, -0.25) is 0 Å². The number of phenolic OH excluding ortho intramolecular Hbond substituents is 1. The summed E-state index contributed by atoms with van der Waals surface area (Å²) in [6.45, 7) is 8.59. The first-order valence-electron chi connectivity index (χ1n) is 5.43. The molecular formula is C12H19NO2. The van der Waals surface area contributed by atoms with E-state index in [0.717, 1.165) is 18.8 Å². The zero-order chi connectivity index (χ0) is 11.3. The summed E-state index contributed by atoms with van der Waals surface area (Å²) >= 11 is 0. The van der Waals surface area contributed by atoms with Crippen LogP contribution < -0.4 is 9.64 Å².